The van der Waals surface area contributed by atoms with Crippen molar-refractivity contribution in [2.24, 2.45) is 5.16 Å². The maximum absolute atomic E-state index is 12.0. The number of hydrogen-bond acceptors (Lipinski definition) is 3. The summed E-state index contributed by atoms with van der Waals surface area (Å²) < 4.78 is 0. The Bertz CT molecular complexity index is 634. The number of carbonyl (C=O) groups is 1. The van der Waals surface area contributed by atoms with Crippen LogP contribution in [0.3, 0.4) is 0 Å². The average molecular weight is 296 g/mol. The van der Waals surface area contributed by atoms with E-state index in [0.717, 1.165) is 17.0 Å². The highest BCUT2D eigenvalue weighted by Gasteiger charge is 2.09. The van der Waals surface area contributed by atoms with Crippen LogP contribution in [0.25, 0.3) is 0 Å². The molecule has 4 nitrogen and oxygen atoms in total. The molecule has 0 spiro atoms. The molecule has 22 heavy (non-hydrogen) atoms. The first kappa shape index (κ1) is 15.8. The highest BCUT2D eigenvalue weighted by atomic mass is 16.6. The minimum Gasteiger partial charge on any atom is -0.399 e. The Kier molecular flexibility index (Phi) is 5.72. The summed E-state index contributed by atoms with van der Waals surface area (Å²) in [6.07, 6.45) is 0.876. The van der Waals surface area contributed by atoms with Crippen molar-refractivity contribution in [2.75, 3.05) is 12.4 Å². The molecule has 0 aliphatic rings. The fourth-order valence-corrected chi connectivity index (χ4v) is 2.08. The number of anilines is 1. The fourth-order valence-electron chi connectivity index (χ4n) is 2.08. The summed E-state index contributed by atoms with van der Waals surface area (Å²) in [4.78, 5) is 16.9. The largest absolute Gasteiger partial charge is 0.399 e. The van der Waals surface area contributed by atoms with Gasteiger partial charge in [0.2, 0.25) is 5.91 Å². The van der Waals surface area contributed by atoms with Crippen molar-refractivity contribution in [2.45, 2.75) is 19.8 Å². The van der Waals surface area contributed by atoms with E-state index in [2.05, 4.69) is 10.5 Å². The second-order valence-corrected chi connectivity index (χ2v) is 5.00. The normalized spacial score (nSPS) is 11.1. The van der Waals surface area contributed by atoms with Gasteiger partial charge in [-0.15, -0.1) is 0 Å². The van der Waals surface area contributed by atoms with Crippen molar-refractivity contribution < 1.29 is 9.63 Å². The van der Waals surface area contributed by atoms with Crippen molar-refractivity contribution in [3.8, 4) is 0 Å². The second kappa shape index (κ2) is 7.98. The van der Waals surface area contributed by atoms with Crippen LogP contribution in [0.5, 0.6) is 0 Å². The molecule has 0 aliphatic carbocycles. The van der Waals surface area contributed by atoms with Crippen LogP contribution < -0.4 is 5.32 Å². The summed E-state index contributed by atoms with van der Waals surface area (Å²) in [5.74, 6) is -0.0397. The van der Waals surface area contributed by atoms with E-state index in [1.54, 1.807) is 0 Å². The molecule has 0 radical (unpaired) electrons. The monoisotopic (exact) mass is 296 g/mol. The maximum atomic E-state index is 12.0. The zero-order chi connectivity index (χ0) is 15.8. The van der Waals surface area contributed by atoms with E-state index in [1.165, 1.54) is 12.7 Å². The van der Waals surface area contributed by atoms with Gasteiger partial charge in [-0.3, -0.25) is 4.79 Å². The SMILES string of the molecule is CO/N=C(\CCC(=O)Nc1ccccc1)c1ccc(C)cc1. The van der Waals surface area contributed by atoms with E-state index in [1.807, 2.05) is 61.5 Å². The predicted molar refractivity (Wildman–Crippen MR) is 89.0 cm³/mol. The van der Waals surface area contributed by atoms with Crippen molar-refractivity contribution >= 4 is 17.3 Å². The third-order valence-corrected chi connectivity index (χ3v) is 3.23. The number of oxime groups is 1. The van der Waals surface area contributed by atoms with Crippen LogP contribution in [-0.4, -0.2) is 18.7 Å². The summed E-state index contributed by atoms with van der Waals surface area (Å²) in [6.45, 7) is 2.03. The van der Waals surface area contributed by atoms with Crippen LogP contribution in [0, 0.1) is 6.92 Å². The molecule has 1 amide bonds. The molecule has 114 valence electrons. The molecule has 0 aromatic heterocycles. The Labute approximate surface area is 130 Å². The number of para-hydroxylation sites is 1. The number of benzene rings is 2. The van der Waals surface area contributed by atoms with Gasteiger partial charge in [-0.2, -0.15) is 0 Å². The molecule has 1 N–H and O–H groups in total. The lowest BCUT2D eigenvalue weighted by atomic mass is 10.0. The molecule has 0 saturated carbocycles. The second-order valence-electron chi connectivity index (χ2n) is 5.00. The highest BCUT2D eigenvalue weighted by molar-refractivity contribution is 6.03. The molecule has 0 aliphatic heterocycles. The molecule has 2 aromatic rings. The van der Waals surface area contributed by atoms with E-state index in [-0.39, 0.29) is 5.91 Å². The predicted octanol–water partition coefficient (Wildman–Crippen LogP) is 3.76. The van der Waals surface area contributed by atoms with Gasteiger partial charge in [-0.05, 0) is 24.6 Å². The van der Waals surface area contributed by atoms with Crippen molar-refractivity contribution in [1.82, 2.24) is 0 Å². The van der Waals surface area contributed by atoms with Gasteiger partial charge in [0.15, 0.2) is 0 Å². The minimum atomic E-state index is -0.0397. The van der Waals surface area contributed by atoms with Gasteiger partial charge in [0, 0.05) is 18.5 Å². The fraction of sp³-hybridized carbons (Fsp3) is 0.222. The summed E-state index contributed by atoms with van der Waals surface area (Å²) in [5, 5.41) is 6.90. The topological polar surface area (TPSA) is 50.7 Å². The zero-order valence-electron chi connectivity index (χ0n) is 12.9. The first-order valence-corrected chi connectivity index (χ1v) is 7.21. The summed E-state index contributed by atoms with van der Waals surface area (Å²) >= 11 is 0. The van der Waals surface area contributed by atoms with E-state index in [4.69, 9.17) is 4.84 Å². The Morgan fingerprint density at radius 3 is 2.36 bits per heavy atom. The smallest absolute Gasteiger partial charge is 0.224 e. The van der Waals surface area contributed by atoms with E-state index in [9.17, 15) is 4.79 Å². The summed E-state index contributed by atoms with van der Waals surface area (Å²) in [7, 11) is 1.51. The van der Waals surface area contributed by atoms with Crippen molar-refractivity contribution in [1.29, 1.82) is 0 Å². The molecular weight excluding hydrogens is 276 g/mol. The molecule has 0 heterocycles. The van der Waals surface area contributed by atoms with Gasteiger partial charge in [-0.1, -0.05) is 53.2 Å². The van der Waals surface area contributed by atoms with Gasteiger partial charge >= 0.3 is 0 Å². The number of nitrogens with zero attached hydrogens (tertiary/aromatic N) is 1. The Morgan fingerprint density at radius 2 is 1.73 bits per heavy atom. The van der Waals surface area contributed by atoms with E-state index >= 15 is 0 Å². The number of hydrogen-bond donors (Lipinski definition) is 1. The van der Waals surface area contributed by atoms with Crippen molar-refractivity contribution in [3.05, 3.63) is 65.7 Å². The van der Waals surface area contributed by atoms with Gasteiger partial charge < -0.3 is 10.2 Å². The zero-order valence-corrected chi connectivity index (χ0v) is 12.9. The molecule has 2 rings (SSSR count). The van der Waals surface area contributed by atoms with Gasteiger partial charge in [0.25, 0.3) is 0 Å². The first-order valence-electron chi connectivity index (χ1n) is 7.21. The van der Waals surface area contributed by atoms with Crippen LogP contribution >= 0.6 is 0 Å². The average Bonchev–Trinajstić information content (AvgIpc) is 2.53. The molecule has 0 saturated heterocycles. The molecule has 4 heteroatoms. The lowest BCUT2D eigenvalue weighted by Gasteiger charge is -2.08. The number of nitrogens with one attached hydrogen (secondary N) is 1. The van der Waals surface area contributed by atoms with Crippen LogP contribution in [0.1, 0.15) is 24.0 Å². The van der Waals surface area contributed by atoms with Gasteiger partial charge in [0.05, 0.1) is 5.71 Å². The maximum Gasteiger partial charge on any atom is 0.224 e. The Morgan fingerprint density at radius 1 is 1.05 bits per heavy atom. The van der Waals surface area contributed by atoms with Crippen LogP contribution in [0.2, 0.25) is 0 Å². The first-order chi connectivity index (χ1) is 10.7. The highest BCUT2D eigenvalue weighted by Crippen LogP contribution is 2.11. The third-order valence-electron chi connectivity index (χ3n) is 3.23. The third kappa shape index (κ3) is 4.74. The number of rotatable bonds is 6. The van der Waals surface area contributed by atoms with Crippen LogP contribution in [0.15, 0.2) is 59.8 Å². The standard InChI is InChI=1S/C18H20N2O2/c1-14-8-10-15(11-9-14)17(20-22-2)12-13-18(21)19-16-6-4-3-5-7-16/h3-11H,12-13H2,1-2H3,(H,19,21)/b20-17+. The molecule has 2 aromatic carbocycles. The molecule has 0 fully saturated rings. The number of carbonyl (C=O) groups excluding carboxylic acids is 1. The van der Waals surface area contributed by atoms with E-state index in [0.29, 0.717) is 12.8 Å². The Hall–Kier alpha value is -2.62. The van der Waals surface area contributed by atoms with Gasteiger partial charge in [-0.25, -0.2) is 0 Å². The molecule has 0 unspecified atom stereocenters. The lowest BCUT2D eigenvalue weighted by Crippen LogP contribution is -2.14. The van der Waals surface area contributed by atoms with Crippen LogP contribution in [0.4, 0.5) is 5.69 Å². The van der Waals surface area contributed by atoms with Gasteiger partial charge in [0.1, 0.15) is 7.11 Å². The molecule has 0 bridgehead atoms. The van der Waals surface area contributed by atoms with E-state index < -0.39 is 0 Å². The summed E-state index contributed by atoms with van der Waals surface area (Å²) in [5.41, 5.74) is 3.72. The molecular formula is C18H20N2O2. The molecule has 0 atom stereocenters. The minimum absolute atomic E-state index is 0.0397. The quantitative estimate of drug-likeness (QED) is 0.651. The number of aryl methyl sites for hydroxylation is 1. The van der Waals surface area contributed by atoms with Crippen LogP contribution in [-0.2, 0) is 9.63 Å². The lowest BCUT2D eigenvalue weighted by molar-refractivity contribution is -0.116. The number of amides is 1. The summed E-state index contributed by atoms with van der Waals surface area (Å²) in [6, 6.07) is 17.4. The Balaban J connectivity index is 1.96. The van der Waals surface area contributed by atoms with Crippen molar-refractivity contribution in [3.63, 3.8) is 0 Å².